The smallest absolute Gasteiger partial charge is 0.299 e. The lowest BCUT2D eigenvalue weighted by Crippen LogP contribution is -2.30. The van der Waals surface area contributed by atoms with Gasteiger partial charge in [0.1, 0.15) is 16.8 Å². The number of aromatic nitrogens is 3. The van der Waals surface area contributed by atoms with E-state index in [1.165, 1.54) is 16.7 Å². The maximum absolute atomic E-state index is 6.80. The van der Waals surface area contributed by atoms with Gasteiger partial charge in [-0.15, -0.1) is 0 Å². The van der Waals surface area contributed by atoms with Crippen molar-refractivity contribution < 1.29 is 8.98 Å². The average Bonchev–Trinajstić information content (AvgIpc) is 3.56. The zero-order chi connectivity index (χ0) is 30.7. The zero-order valence-electron chi connectivity index (χ0n) is 26.6. The summed E-state index contributed by atoms with van der Waals surface area (Å²) in [5, 5.41) is 0. The van der Waals surface area contributed by atoms with Gasteiger partial charge in [0, 0.05) is 5.56 Å². The van der Waals surface area contributed by atoms with Crippen molar-refractivity contribution in [1.29, 1.82) is 0 Å². The first-order valence-electron chi connectivity index (χ1n) is 15.3. The SMILES string of the molecule is Cc1cc(-c2ccccc2)cc(C)c1-c1nc2ccc(C)c(-c3n(-c4ccc(C(C)(C)C)cc4)c4ccccc4[n+]3C)c2o1. The monoisotopic (exact) mass is 576 g/mol. The molecule has 0 amide bonds. The third kappa shape index (κ3) is 4.53. The Balaban J connectivity index is 1.45. The van der Waals surface area contributed by atoms with E-state index in [9.17, 15) is 0 Å². The van der Waals surface area contributed by atoms with Crippen LogP contribution in [-0.4, -0.2) is 9.55 Å². The van der Waals surface area contributed by atoms with Crippen LogP contribution in [0.4, 0.5) is 0 Å². The van der Waals surface area contributed by atoms with Crippen molar-refractivity contribution in [2.45, 2.75) is 47.0 Å². The Morgan fingerprint density at radius 1 is 0.682 bits per heavy atom. The zero-order valence-corrected chi connectivity index (χ0v) is 26.6. The van der Waals surface area contributed by atoms with Crippen molar-refractivity contribution in [2.75, 3.05) is 0 Å². The molecule has 7 aromatic rings. The molecule has 0 unspecified atom stereocenters. The average molecular weight is 577 g/mol. The van der Waals surface area contributed by atoms with E-state index in [-0.39, 0.29) is 5.41 Å². The summed E-state index contributed by atoms with van der Waals surface area (Å²) < 4.78 is 11.4. The van der Waals surface area contributed by atoms with Gasteiger partial charge in [0.15, 0.2) is 16.6 Å². The Kier molecular flexibility index (Phi) is 6.55. The molecule has 0 spiro atoms. The van der Waals surface area contributed by atoms with Crippen LogP contribution >= 0.6 is 0 Å². The molecule has 0 N–H and O–H groups in total. The molecule has 2 heterocycles. The number of benzene rings is 5. The summed E-state index contributed by atoms with van der Waals surface area (Å²) in [6, 6.07) is 36.8. The normalized spacial score (nSPS) is 12.0. The molecule has 0 saturated heterocycles. The number of nitrogens with zero attached hydrogens (tertiary/aromatic N) is 3. The van der Waals surface area contributed by atoms with Crippen LogP contribution in [0.5, 0.6) is 0 Å². The molecule has 4 nitrogen and oxygen atoms in total. The number of rotatable bonds is 4. The molecule has 2 aromatic heterocycles. The Labute approximate surface area is 259 Å². The highest BCUT2D eigenvalue weighted by atomic mass is 16.3. The molecule has 218 valence electrons. The van der Waals surface area contributed by atoms with Crippen LogP contribution in [0.2, 0.25) is 0 Å². The Morgan fingerprint density at radius 3 is 2.02 bits per heavy atom. The Morgan fingerprint density at radius 2 is 1.34 bits per heavy atom. The van der Waals surface area contributed by atoms with Crippen molar-refractivity contribution in [3.8, 4) is 39.7 Å². The molecular weight excluding hydrogens is 538 g/mol. The van der Waals surface area contributed by atoms with E-state index in [2.05, 4.69) is 161 Å². The van der Waals surface area contributed by atoms with Crippen molar-refractivity contribution in [1.82, 2.24) is 9.55 Å². The van der Waals surface area contributed by atoms with Gasteiger partial charge < -0.3 is 4.42 Å². The number of hydrogen-bond donors (Lipinski definition) is 0. The molecule has 0 aliphatic carbocycles. The molecule has 0 aliphatic heterocycles. The number of aryl methyl sites for hydroxylation is 4. The molecule has 7 rings (SSSR count). The maximum atomic E-state index is 6.80. The fourth-order valence-electron chi connectivity index (χ4n) is 6.54. The van der Waals surface area contributed by atoms with Crippen LogP contribution < -0.4 is 4.57 Å². The van der Waals surface area contributed by atoms with Crippen molar-refractivity contribution in [3.63, 3.8) is 0 Å². The summed E-state index contributed by atoms with van der Waals surface area (Å²) in [6.07, 6.45) is 0. The third-order valence-electron chi connectivity index (χ3n) is 8.85. The minimum absolute atomic E-state index is 0.0821. The highest BCUT2D eigenvalue weighted by molar-refractivity contribution is 5.93. The lowest BCUT2D eigenvalue weighted by molar-refractivity contribution is -0.633. The highest BCUT2D eigenvalue weighted by Gasteiger charge is 2.31. The summed E-state index contributed by atoms with van der Waals surface area (Å²) >= 11 is 0. The summed E-state index contributed by atoms with van der Waals surface area (Å²) in [4.78, 5) is 5.07. The van der Waals surface area contributed by atoms with Crippen molar-refractivity contribution >= 4 is 22.1 Å². The summed E-state index contributed by atoms with van der Waals surface area (Å²) in [6.45, 7) is 13.2. The summed E-state index contributed by atoms with van der Waals surface area (Å²) in [5.74, 6) is 1.72. The van der Waals surface area contributed by atoms with E-state index < -0.39 is 0 Å². The fraction of sp³-hybridized carbons (Fsp3) is 0.200. The molecule has 4 heteroatoms. The third-order valence-corrected chi connectivity index (χ3v) is 8.85. The second kappa shape index (κ2) is 10.3. The number of hydrogen-bond acceptors (Lipinski definition) is 2. The number of oxazole rings is 1. The largest absolute Gasteiger partial charge is 0.435 e. The minimum Gasteiger partial charge on any atom is -0.435 e. The molecule has 0 fully saturated rings. The van der Waals surface area contributed by atoms with Gasteiger partial charge in [-0.2, -0.15) is 4.57 Å². The van der Waals surface area contributed by atoms with Gasteiger partial charge in [-0.05, 0) is 89.9 Å². The lowest BCUT2D eigenvalue weighted by atomic mass is 9.87. The van der Waals surface area contributed by atoms with Crippen LogP contribution in [0.25, 0.3) is 61.8 Å². The van der Waals surface area contributed by atoms with Crippen LogP contribution in [0.3, 0.4) is 0 Å². The topological polar surface area (TPSA) is 34.8 Å². The van der Waals surface area contributed by atoms with Gasteiger partial charge in [0.2, 0.25) is 5.89 Å². The number of fused-ring (bicyclic) bond motifs is 2. The quantitative estimate of drug-likeness (QED) is 0.196. The molecule has 5 aromatic carbocycles. The predicted octanol–water partition coefficient (Wildman–Crippen LogP) is 9.82. The van der Waals surface area contributed by atoms with E-state index in [0.29, 0.717) is 5.89 Å². The van der Waals surface area contributed by atoms with E-state index >= 15 is 0 Å². The number of para-hydroxylation sites is 2. The van der Waals surface area contributed by atoms with Gasteiger partial charge in [-0.25, -0.2) is 9.55 Å². The fourth-order valence-corrected chi connectivity index (χ4v) is 6.54. The minimum atomic E-state index is 0.0821. The number of imidazole rings is 1. The van der Waals surface area contributed by atoms with E-state index in [1.54, 1.807) is 0 Å². The van der Waals surface area contributed by atoms with E-state index in [1.807, 2.05) is 0 Å². The first kappa shape index (κ1) is 27.8. The van der Waals surface area contributed by atoms with E-state index in [4.69, 9.17) is 9.40 Å². The van der Waals surface area contributed by atoms with E-state index in [0.717, 1.165) is 61.5 Å². The van der Waals surface area contributed by atoms with Crippen molar-refractivity contribution in [3.05, 3.63) is 125 Å². The molecule has 0 atom stereocenters. The molecular formula is C40H38N3O+. The van der Waals surface area contributed by atoms with Gasteiger partial charge in [0.05, 0.1) is 7.05 Å². The molecule has 0 radical (unpaired) electrons. The second-order valence-corrected chi connectivity index (χ2v) is 13.0. The summed E-state index contributed by atoms with van der Waals surface area (Å²) in [5.41, 5.74) is 14.4. The summed E-state index contributed by atoms with van der Waals surface area (Å²) in [7, 11) is 2.14. The van der Waals surface area contributed by atoms with Crippen LogP contribution in [0.1, 0.15) is 43.0 Å². The van der Waals surface area contributed by atoms with Gasteiger partial charge >= 0.3 is 0 Å². The first-order valence-corrected chi connectivity index (χ1v) is 15.3. The second-order valence-electron chi connectivity index (χ2n) is 13.0. The van der Waals surface area contributed by atoms with Gasteiger partial charge in [0.25, 0.3) is 5.82 Å². The molecule has 44 heavy (non-hydrogen) atoms. The van der Waals surface area contributed by atoms with Gasteiger partial charge in [-0.1, -0.05) is 93.6 Å². The Bertz CT molecular complexity index is 2150. The standard InChI is InChI=1S/C40H38N3O/c1-25-17-22-32-37(44-38(41-32)35-26(2)23-29(24-27(35)3)28-13-9-8-10-14-28)36(25)39-42(7)33-15-11-12-16-34(33)43(39)31-20-18-30(19-21-31)40(4,5)6/h8-24H,1-7H3/q+1. The maximum Gasteiger partial charge on any atom is 0.299 e. The van der Waals surface area contributed by atoms with Gasteiger partial charge in [-0.3, -0.25) is 0 Å². The molecule has 0 saturated carbocycles. The first-order chi connectivity index (χ1) is 21.1. The molecule has 0 aliphatic rings. The molecule has 0 bridgehead atoms. The Hall–Kier alpha value is -4.96. The lowest BCUT2D eigenvalue weighted by Gasteiger charge is -2.18. The van der Waals surface area contributed by atoms with Crippen molar-refractivity contribution in [2.24, 2.45) is 7.05 Å². The van der Waals surface area contributed by atoms with Crippen LogP contribution in [-0.2, 0) is 12.5 Å². The highest BCUT2D eigenvalue weighted by Crippen LogP contribution is 2.39. The van der Waals surface area contributed by atoms with Crippen LogP contribution in [0, 0.1) is 20.8 Å². The predicted molar refractivity (Wildman–Crippen MR) is 181 cm³/mol. The van der Waals surface area contributed by atoms with Crippen LogP contribution in [0.15, 0.2) is 108 Å².